The lowest BCUT2D eigenvalue weighted by Gasteiger charge is -2.09. The molecule has 1 amide bonds. The molecule has 3 aromatic rings. The predicted molar refractivity (Wildman–Crippen MR) is 88.2 cm³/mol. The summed E-state index contributed by atoms with van der Waals surface area (Å²) in [5.74, 6) is 0.618. The third kappa shape index (κ3) is 3.95. The Morgan fingerprint density at radius 1 is 1.21 bits per heavy atom. The first kappa shape index (κ1) is 15.7. The third-order valence-electron chi connectivity index (χ3n) is 3.40. The molecule has 0 aliphatic rings. The number of carbonyl (C=O) groups excluding carboxylic acids is 1. The molecular weight excluding hydrogens is 306 g/mol. The largest absolute Gasteiger partial charge is 0.492 e. The summed E-state index contributed by atoms with van der Waals surface area (Å²) in [4.78, 5) is 12.2. The van der Waals surface area contributed by atoms with Gasteiger partial charge in [-0.15, -0.1) is 5.10 Å². The first-order valence-corrected chi connectivity index (χ1v) is 7.53. The van der Waals surface area contributed by atoms with Gasteiger partial charge in [0.2, 0.25) is 0 Å². The fraction of sp³-hybridized carbons (Fsp3) is 0.176. The second-order valence-electron chi connectivity index (χ2n) is 5.22. The number of aromatic nitrogens is 4. The van der Waals surface area contributed by atoms with E-state index < -0.39 is 0 Å². The van der Waals surface area contributed by atoms with Gasteiger partial charge in [-0.2, -0.15) is 0 Å². The fourth-order valence-electron chi connectivity index (χ4n) is 2.14. The molecule has 122 valence electrons. The molecule has 0 fully saturated rings. The minimum atomic E-state index is -0.169. The first-order valence-electron chi connectivity index (χ1n) is 7.53. The second kappa shape index (κ2) is 7.36. The van der Waals surface area contributed by atoms with E-state index in [1.165, 1.54) is 16.6 Å². The Morgan fingerprint density at radius 3 is 2.79 bits per heavy atom. The van der Waals surface area contributed by atoms with Gasteiger partial charge in [0.25, 0.3) is 5.91 Å². The lowest BCUT2D eigenvalue weighted by atomic mass is 10.2. The summed E-state index contributed by atoms with van der Waals surface area (Å²) >= 11 is 0. The summed E-state index contributed by atoms with van der Waals surface area (Å²) in [5.41, 5.74) is 2.44. The first-order chi connectivity index (χ1) is 11.7. The number of hydrogen-bond donors (Lipinski definition) is 1. The van der Waals surface area contributed by atoms with Crippen molar-refractivity contribution in [1.82, 2.24) is 25.5 Å². The number of carbonyl (C=O) groups is 1. The molecule has 0 aliphatic heterocycles. The number of nitrogens with one attached hydrogen (secondary N) is 1. The molecule has 1 aromatic heterocycles. The van der Waals surface area contributed by atoms with Crippen molar-refractivity contribution in [2.45, 2.75) is 6.92 Å². The summed E-state index contributed by atoms with van der Waals surface area (Å²) in [6.45, 7) is 2.84. The molecule has 0 aliphatic carbocycles. The molecule has 0 saturated carbocycles. The van der Waals surface area contributed by atoms with E-state index in [1.807, 2.05) is 37.3 Å². The van der Waals surface area contributed by atoms with E-state index in [2.05, 4.69) is 20.8 Å². The Balaban J connectivity index is 1.52. The number of nitrogens with zero attached hydrogens (tertiary/aromatic N) is 4. The third-order valence-corrected chi connectivity index (χ3v) is 3.40. The highest BCUT2D eigenvalue weighted by Gasteiger charge is 2.07. The maximum absolute atomic E-state index is 12.2. The predicted octanol–water partition coefficient (Wildman–Crippen LogP) is 1.78. The van der Waals surface area contributed by atoms with Crippen molar-refractivity contribution in [2.75, 3.05) is 13.2 Å². The molecule has 0 atom stereocenters. The molecule has 0 spiro atoms. The number of tetrazole rings is 1. The van der Waals surface area contributed by atoms with Crippen molar-refractivity contribution < 1.29 is 9.53 Å². The van der Waals surface area contributed by atoms with Gasteiger partial charge in [0.15, 0.2) is 0 Å². The van der Waals surface area contributed by atoms with E-state index in [0.29, 0.717) is 18.7 Å². The number of amides is 1. The number of ether oxygens (including phenoxy) is 1. The molecule has 0 radical (unpaired) electrons. The number of benzene rings is 2. The van der Waals surface area contributed by atoms with Crippen LogP contribution in [0.1, 0.15) is 15.9 Å². The molecule has 1 heterocycles. The van der Waals surface area contributed by atoms with Crippen LogP contribution in [0.4, 0.5) is 0 Å². The van der Waals surface area contributed by atoms with Gasteiger partial charge >= 0.3 is 0 Å². The number of rotatable bonds is 6. The topological polar surface area (TPSA) is 81.9 Å². The lowest BCUT2D eigenvalue weighted by Crippen LogP contribution is -2.28. The SMILES string of the molecule is Cc1ccc(OCCNC(=O)c2cccc(-n3cnnn3)c2)cc1. The van der Waals surface area contributed by atoms with Gasteiger partial charge in [0.1, 0.15) is 18.7 Å². The summed E-state index contributed by atoms with van der Waals surface area (Å²) in [6, 6.07) is 14.9. The molecule has 1 N–H and O–H groups in total. The van der Waals surface area contributed by atoms with Gasteiger partial charge in [-0.3, -0.25) is 4.79 Å². The van der Waals surface area contributed by atoms with E-state index in [4.69, 9.17) is 4.74 Å². The minimum Gasteiger partial charge on any atom is -0.492 e. The van der Waals surface area contributed by atoms with Crippen molar-refractivity contribution >= 4 is 5.91 Å². The molecule has 0 bridgehead atoms. The summed E-state index contributed by atoms with van der Waals surface area (Å²) in [5, 5.41) is 13.8. The van der Waals surface area contributed by atoms with Crippen LogP contribution in [-0.4, -0.2) is 39.3 Å². The Kier molecular flexibility index (Phi) is 4.81. The highest BCUT2D eigenvalue weighted by molar-refractivity contribution is 5.94. The van der Waals surface area contributed by atoms with E-state index in [9.17, 15) is 4.79 Å². The monoisotopic (exact) mass is 323 g/mol. The Labute approximate surface area is 139 Å². The van der Waals surface area contributed by atoms with E-state index >= 15 is 0 Å². The fourth-order valence-corrected chi connectivity index (χ4v) is 2.14. The van der Waals surface area contributed by atoms with Crippen molar-refractivity contribution in [3.63, 3.8) is 0 Å². The Hall–Kier alpha value is -3.22. The van der Waals surface area contributed by atoms with Gasteiger partial charge < -0.3 is 10.1 Å². The van der Waals surface area contributed by atoms with Crippen LogP contribution in [0, 0.1) is 6.92 Å². The molecule has 7 heteroatoms. The van der Waals surface area contributed by atoms with Gasteiger partial charge in [0.05, 0.1) is 12.2 Å². The Bertz CT molecular complexity index is 800. The van der Waals surface area contributed by atoms with Crippen LogP contribution in [0.2, 0.25) is 0 Å². The molecule has 0 unspecified atom stereocenters. The van der Waals surface area contributed by atoms with Crippen LogP contribution < -0.4 is 10.1 Å². The Morgan fingerprint density at radius 2 is 2.04 bits per heavy atom. The second-order valence-corrected chi connectivity index (χ2v) is 5.22. The van der Waals surface area contributed by atoms with Crippen LogP contribution in [0.3, 0.4) is 0 Å². The van der Waals surface area contributed by atoms with Crippen molar-refractivity contribution in [1.29, 1.82) is 0 Å². The maximum atomic E-state index is 12.2. The molecule has 24 heavy (non-hydrogen) atoms. The zero-order valence-corrected chi connectivity index (χ0v) is 13.2. The van der Waals surface area contributed by atoms with E-state index in [0.717, 1.165) is 11.4 Å². The zero-order chi connectivity index (χ0) is 16.8. The van der Waals surface area contributed by atoms with Crippen molar-refractivity contribution in [2.24, 2.45) is 0 Å². The van der Waals surface area contributed by atoms with Crippen LogP contribution in [-0.2, 0) is 0 Å². The van der Waals surface area contributed by atoms with Crippen LogP contribution >= 0.6 is 0 Å². The average Bonchev–Trinajstić information content (AvgIpc) is 3.15. The summed E-state index contributed by atoms with van der Waals surface area (Å²) in [6.07, 6.45) is 1.48. The number of hydrogen-bond acceptors (Lipinski definition) is 5. The van der Waals surface area contributed by atoms with Gasteiger partial charge in [-0.1, -0.05) is 23.8 Å². The standard InChI is InChI=1S/C17H17N5O2/c1-13-5-7-16(8-6-13)24-10-9-18-17(23)14-3-2-4-15(11-14)22-12-19-20-21-22/h2-8,11-12H,9-10H2,1H3,(H,18,23). The van der Waals surface area contributed by atoms with Crippen LogP contribution in [0.15, 0.2) is 54.9 Å². The molecular formula is C17H17N5O2. The molecule has 3 rings (SSSR count). The van der Waals surface area contributed by atoms with Crippen molar-refractivity contribution in [3.05, 3.63) is 66.0 Å². The quantitative estimate of drug-likeness (QED) is 0.699. The van der Waals surface area contributed by atoms with E-state index in [-0.39, 0.29) is 5.91 Å². The molecule has 2 aromatic carbocycles. The molecule has 0 saturated heterocycles. The maximum Gasteiger partial charge on any atom is 0.251 e. The smallest absolute Gasteiger partial charge is 0.251 e. The highest BCUT2D eigenvalue weighted by Crippen LogP contribution is 2.11. The summed E-state index contributed by atoms with van der Waals surface area (Å²) in [7, 11) is 0. The average molecular weight is 323 g/mol. The van der Waals surface area contributed by atoms with Gasteiger partial charge in [-0.25, -0.2) is 4.68 Å². The minimum absolute atomic E-state index is 0.169. The van der Waals surface area contributed by atoms with Crippen LogP contribution in [0.25, 0.3) is 5.69 Å². The zero-order valence-electron chi connectivity index (χ0n) is 13.2. The molecule has 7 nitrogen and oxygen atoms in total. The highest BCUT2D eigenvalue weighted by atomic mass is 16.5. The van der Waals surface area contributed by atoms with Crippen LogP contribution in [0.5, 0.6) is 5.75 Å². The number of aryl methyl sites for hydroxylation is 1. The normalized spacial score (nSPS) is 10.4. The van der Waals surface area contributed by atoms with Crippen molar-refractivity contribution in [3.8, 4) is 11.4 Å². The summed E-state index contributed by atoms with van der Waals surface area (Å²) < 4.78 is 7.08. The lowest BCUT2D eigenvalue weighted by molar-refractivity contribution is 0.0947. The van der Waals surface area contributed by atoms with Gasteiger partial charge in [-0.05, 0) is 47.7 Å². The van der Waals surface area contributed by atoms with Gasteiger partial charge in [0, 0.05) is 5.56 Å². The van der Waals surface area contributed by atoms with E-state index in [1.54, 1.807) is 18.2 Å².